The van der Waals surface area contributed by atoms with Crippen molar-refractivity contribution in [1.29, 1.82) is 5.53 Å². The Kier molecular flexibility index (Phi) is 5.76. The van der Waals surface area contributed by atoms with Crippen LogP contribution in [0.1, 0.15) is 11.1 Å². The van der Waals surface area contributed by atoms with Gasteiger partial charge in [-0.2, -0.15) is 5.53 Å². The highest BCUT2D eigenvalue weighted by Crippen LogP contribution is 2.30. The molecule has 0 saturated carbocycles. The lowest BCUT2D eigenvalue weighted by Crippen LogP contribution is -2.14. The number of nitrogens with two attached hydrogens (primary N) is 1. The maximum absolute atomic E-state index is 11.6. The Morgan fingerprint density at radius 1 is 1.28 bits per heavy atom. The number of rotatable bonds is 6. The van der Waals surface area contributed by atoms with Crippen molar-refractivity contribution in [3.05, 3.63) is 52.5 Å². The molecule has 0 unspecified atom stereocenters. The van der Waals surface area contributed by atoms with Gasteiger partial charge in [0.25, 0.3) is 0 Å². The van der Waals surface area contributed by atoms with Crippen LogP contribution in [0.25, 0.3) is 0 Å². The van der Waals surface area contributed by atoms with Crippen LogP contribution < -0.4 is 10.5 Å². The smallest absolute Gasteiger partial charge is 0.175 e. The number of nitrogens with zero attached hydrogens (tertiary/aromatic N) is 2. The quantitative estimate of drug-likeness (QED) is 0.344. The van der Waals surface area contributed by atoms with Gasteiger partial charge in [0.05, 0.1) is 4.90 Å². The highest BCUT2D eigenvalue weighted by Gasteiger charge is 2.11. The van der Waals surface area contributed by atoms with Gasteiger partial charge < -0.3 is 10.5 Å². The molecule has 0 spiro atoms. The molecule has 0 radical (unpaired) electrons. The molecule has 0 heterocycles. The Morgan fingerprint density at radius 3 is 2.60 bits per heavy atom. The maximum Gasteiger partial charge on any atom is 0.175 e. The van der Waals surface area contributed by atoms with Gasteiger partial charge in [-0.1, -0.05) is 16.8 Å². The van der Waals surface area contributed by atoms with Gasteiger partial charge in [-0.25, -0.2) is 8.42 Å². The van der Waals surface area contributed by atoms with Crippen molar-refractivity contribution in [1.82, 2.24) is 0 Å². The monoisotopic (exact) mass is 380 g/mol. The molecule has 9 heteroatoms. The molecule has 0 aliphatic heterocycles. The topological polar surface area (TPSA) is 118 Å². The van der Waals surface area contributed by atoms with Crippen molar-refractivity contribution in [2.75, 3.05) is 6.26 Å². The molecule has 25 heavy (non-hydrogen) atoms. The summed E-state index contributed by atoms with van der Waals surface area (Å²) in [4.78, 5) is 0.229. The summed E-state index contributed by atoms with van der Waals surface area (Å²) in [5.74, 6) is 1.17. The Bertz CT molecular complexity index is 942. The molecular weight excluding hydrogens is 364 g/mol. The highest BCUT2D eigenvalue weighted by atomic mass is 35.5. The maximum atomic E-state index is 11.6. The van der Waals surface area contributed by atoms with E-state index in [1.165, 1.54) is 6.07 Å². The summed E-state index contributed by atoms with van der Waals surface area (Å²) in [5, 5.41) is 6.79. The molecule has 0 saturated heterocycles. The number of sulfone groups is 1. The highest BCUT2D eigenvalue weighted by molar-refractivity contribution is 7.90. The van der Waals surface area contributed by atoms with E-state index in [-0.39, 0.29) is 17.2 Å². The summed E-state index contributed by atoms with van der Waals surface area (Å²) in [6.45, 7) is 1.76. The second-order valence-corrected chi connectivity index (χ2v) is 7.92. The number of ether oxygens (including phenoxy) is 1. The van der Waals surface area contributed by atoms with Crippen LogP contribution in [0.4, 0.5) is 0 Å². The third-order valence-corrected chi connectivity index (χ3v) is 4.63. The van der Waals surface area contributed by atoms with Gasteiger partial charge in [0.15, 0.2) is 9.84 Å². The summed E-state index contributed by atoms with van der Waals surface area (Å²) in [5.41, 5.74) is 13.8. The second kappa shape index (κ2) is 7.62. The van der Waals surface area contributed by atoms with Crippen LogP contribution in [0.2, 0.25) is 5.02 Å². The van der Waals surface area contributed by atoms with Gasteiger partial charge in [-0.05, 0) is 54.4 Å². The van der Waals surface area contributed by atoms with Crippen LogP contribution in [-0.4, -0.2) is 20.5 Å². The number of aryl methyl sites for hydroxylation is 1. The first-order valence-electron chi connectivity index (χ1n) is 7.16. The van der Waals surface area contributed by atoms with E-state index < -0.39 is 9.84 Å². The first kappa shape index (κ1) is 18.9. The van der Waals surface area contributed by atoms with E-state index in [0.717, 1.165) is 11.8 Å². The molecule has 0 amide bonds. The Morgan fingerprint density at radius 2 is 2.00 bits per heavy atom. The average molecular weight is 381 g/mol. The Labute approximate surface area is 150 Å². The summed E-state index contributed by atoms with van der Waals surface area (Å²) in [6, 6.07) is 9.72. The van der Waals surface area contributed by atoms with E-state index in [9.17, 15) is 8.42 Å². The minimum atomic E-state index is -3.28. The molecule has 0 aliphatic rings. The molecule has 132 valence electrons. The zero-order valence-electron chi connectivity index (χ0n) is 13.7. The van der Waals surface area contributed by atoms with Crippen LogP contribution in [0.15, 0.2) is 51.6 Å². The lowest BCUT2D eigenvalue weighted by atomic mass is 10.1. The molecular formula is C16H17ClN4O3S. The zero-order chi connectivity index (χ0) is 18.6. The molecule has 0 aliphatic carbocycles. The fourth-order valence-electron chi connectivity index (χ4n) is 2.18. The number of hydrogen-bond donors (Lipinski definition) is 2. The van der Waals surface area contributed by atoms with Gasteiger partial charge in [-0.3, -0.25) is 0 Å². The second-order valence-electron chi connectivity index (χ2n) is 5.46. The van der Waals surface area contributed by atoms with E-state index >= 15 is 0 Å². The molecule has 0 aromatic heterocycles. The van der Waals surface area contributed by atoms with Gasteiger partial charge in [0.1, 0.15) is 17.3 Å². The first-order chi connectivity index (χ1) is 11.7. The van der Waals surface area contributed by atoms with Gasteiger partial charge in [-0.15, -0.1) is 5.10 Å². The average Bonchev–Trinajstić information content (AvgIpc) is 2.47. The fraction of sp³-hybridized carbons (Fsp3) is 0.188. The SMILES string of the molecule is Cc1cc(S(C)(=O)=O)ccc1Oc1cc(Cl)cc(C/C(N)=N/N=N)c1. The molecule has 0 bridgehead atoms. The van der Waals surface area contributed by atoms with Gasteiger partial charge in [0.2, 0.25) is 0 Å². The zero-order valence-corrected chi connectivity index (χ0v) is 15.2. The third kappa shape index (κ3) is 5.27. The fourth-order valence-corrected chi connectivity index (χ4v) is 3.14. The van der Waals surface area contributed by atoms with E-state index in [1.807, 2.05) is 0 Å². The molecule has 0 fully saturated rings. The third-order valence-electron chi connectivity index (χ3n) is 3.30. The lowest BCUT2D eigenvalue weighted by molar-refractivity contribution is 0.478. The lowest BCUT2D eigenvalue weighted by Gasteiger charge is -2.11. The van der Waals surface area contributed by atoms with Crippen molar-refractivity contribution >= 4 is 27.3 Å². The Balaban J connectivity index is 2.30. The number of nitrogens with one attached hydrogen (secondary N) is 1. The van der Waals surface area contributed by atoms with E-state index in [0.29, 0.717) is 22.1 Å². The molecule has 0 atom stereocenters. The largest absolute Gasteiger partial charge is 0.457 e. The first-order valence-corrected chi connectivity index (χ1v) is 9.43. The summed E-state index contributed by atoms with van der Waals surface area (Å²) >= 11 is 6.10. The van der Waals surface area contributed by atoms with Crippen LogP contribution in [-0.2, 0) is 16.3 Å². The number of benzene rings is 2. The summed E-state index contributed by atoms with van der Waals surface area (Å²) in [6.07, 6.45) is 1.42. The molecule has 7 nitrogen and oxygen atoms in total. The molecule has 2 rings (SSSR count). The van der Waals surface area contributed by atoms with Crippen molar-refractivity contribution in [2.24, 2.45) is 16.1 Å². The van der Waals surface area contributed by atoms with E-state index in [4.69, 9.17) is 27.6 Å². The van der Waals surface area contributed by atoms with Crippen LogP contribution in [0.5, 0.6) is 11.5 Å². The standard InChI is InChI=1S/C16H17ClN4O3S/c1-10-5-14(25(2,22)23)3-4-15(10)24-13-7-11(6-12(17)9-13)8-16(18)20-21-19/h3-7,9H,8H2,1-2H3,(H3,18,19,20). The summed E-state index contributed by atoms with van der Waals surface area (Å²) < 4.78 is 29.0. The minimum Gasteiger partial charge on any atom is -0.457 e. The number of halogens is 1. The van der Waals surface area contributed by atoms with Crippen LogP contribution >= 0.6 is 11.6 Å². The number of amidine groups is 1. The number of hydrogen-bond acceptors (Lipinski definition) is 5. The summed E-state index contributed by atoms with van der Waals surface area (Å²) in [7, 11) is -3.28. The van der Waals surface area contributed by atoms with Gasteiger partial charge >= 0.3 is 0 Å². The van der Waals surface area contributed by atoms with Crippen molar-refractivity contribution in [3.8, 4) is 11.5 Å². The predicted molar refractivity (Wildman–Crippen MR) is 96.3 cm³/mol. The predicted octanol–water partition coefficient (Wildman–Crippen LogP) is 3.69. The molecule has 3 N–H and O–H groups in total. The van der Waals surface area contributed by atoms with Crippen molar-refractivity contribution in [3.63, 3.8) is 0 Å². The normalized spacial score (nSPS) is 12.0. The van der Waals surface area contributed by atoms with Crippen LogP contribution in [0, 0.1) is 12.5 Å². The Hall–Kier alpha value is -2.45. The molecule has 2 aromatic carbocycles. The van der Waals surface area contributed by atoms with Crippen molar-refractivity contribution in [2.45, 2.75) is 18.2 Å². The molecule has 2 aromatic rings. The van der Waals surface area contributed by atoms with Crippen molar-refractivity contribution < 1.29 is 13.2 Å². The van der Waals surface area contributed by atoms with E-state index in [1.54, 1.807) is 37.3 Å². The minimum absolute atomic E-state index is 0.178. The van der Waals surface area contributed by atoms with E-state index in [2.05, 4.69) is 10.3 Å². The van der Waals surface area contributed by atoms with Crippen LogP contribution in [0.3, 0.4) is 0 Å². The van der Waals surface area contributed by atoms with Gasteiger partial charge in [0, 0.05) is 17.7 Å².